The van der Waals surface area contributed by atoms with Gasteiger partial charge in [0.2, 0.25) is 0 Å². The summed E-state index contributed by atoms with van der Waals surface area (Å²) in [6.07, 6.45) is 16.5. The average Bonchev–Trinajstić information content (AvgIpc) is 2.51. The van der Waals surface area contributed by atoms with Crippen LogP contribution in [0, 0.1) is 11.8 Å². The molecule has 0 aliphatic heterocycles. The fourth-order valence-electron chi connectivity index (χ4n) is 2.85. The molecule has 0 N–H and O–H groups in total. The van der Waals surface area contributed by atoms with E-state index in [1.165, 1.54) is 70.6 Å². The molecule has 0 saturated heterocycles. The molecule has 0 fully saturated rings. The first-order valence-electron chi connectivity index (χ1n) is 10.8. The normalized spacial score (nSPS) is 13.4. The van der Waals surface area contributed by atoms with E-state index >= 15 is 0 Å². The fraction of sp³-hybridized carbons (Fsp3) is 0.913. The highest BCUT2D eigenvalue weighted by Crippen LogP contribution is 2.37. The van der Waals surface area contributed by atoms with Gasteiger partial charge in [0.1, 0.15) is 6.10 Å². The summed E-state index contributed by atoms with van der Waals surface area (Å²) in [6.45, 7) is 15.8. The van der Waals surface area contributed by atoms with Gasteiger partial charge in [0, 0.05) is 0 Å². The van der Waals surface area contributed by atoms with Crippen LogP contribution in [-0.4, -0.2) is 14.4 Å². The second-order valence-corrected chi connectivity index (χ2v) is 13.8. The Morgan fingerprint density at radius 1 is 0.800 bits per heavy atom. The van der Waals surface area contributed by atoms with E-state index in [4.69, 9.17) is 4.43 Å². The van der Waals surface area contributed by atoms with Gasteiger partial charge in [-0.1, -0.05) is 97.8 Å². The lowest BCUT2D eigenvalue weighted by Crippen LogP contribution is -2.43. The highest BCUT2D eigenvalue weighted by atomic mass is 28.4. The molecule has 0 aliphatic carbocycles. The van der Waals surface area contributed by atoms with E-state index in [1.54, 1.807) is 0 Å². The molecule has 0 rings (SSSR count). The molecule has 0 bridgehead atoms. The Balaban J connectivity index is 3.83. The maximum Gasteiger partial charge on any atom is 0.193 e. The van der Waals surface area contributed by atoms with Gasteiger partial charge in [0.05, 0.1) is 0 Å². The van der Waals surface area contributed by atoms with E-state index < -0.39 is 8.32 Å². The lowest BCUT2D eigenvalue weighted by atomic mass is 10.0. The topological polar surface area (TPSA) is 9.23 Å². The number of rotatable bonds is 14. The van der Waals surface area contributed by atoms with Crippen molar-refractivity contribution in [1.29, 1.82) is 0 Å². The van der Waals surface area contributed by atoms with Crippen LogP contribution in [-0.2, 0) is 4.43 Å². The largest absolute Gasteiger partial charge is 0.403 e. The molecule has 0 amide bonds. The molecule has 0 aromatic carbocycles. The molecule has 1 unspecified atom stereocenters. The SMILES string of the molecule is CC#CC(CCCCCCCCCCCCC)O[Si](C)(C)C(C)(C)C. The van der Waals surface area contributed by atoms with Gasteiger partial charge in [0.25, 0.3) is 0 Å². The molecule has 0 spiro atoms. The van der Waals surface area contributed by atoms with Crippen molar-refractivity contribution in [1.82, 2.24) is 0 Å². The van der Waals surface area contributed by atoms with Crippen LogP contribution >= 0.6 is 0 Å². The van der Waals surface area contributed by atoms with Gasteiger partial charge in [-0.05, 0) is 37.9 Å². The zero-order valence-corrected chi connectivity index (χ0v) is 19.5. The first-order valence-corrected chi connectivity index (χ1v) is 13.8. The van der Waals surface area contributed by atoms with Gasteiger partial charge in [-0.15, -0.1) is 5.92 Å². The van der Waals surface area contributed by atoms with Crippen LogP contribution in [0.4, 0.5) is 0 Å². The quantitative estimate of drug-likeness (QED) is 0.171. The minimum atomic E-state index is -1.71. The summed E-state index contributed by atoms with van der Waals surface area (Å²) in [5.41, 5.74) is 0. The van der Waals surface area contributed by atoms with Crippen LogP contribution in [0.25, 0.3) is 0 Å². The number of hydrogen-bond acceptors (Lipinski definition) is 1. The Bertz CT molecular complexity index is 370. The Hall–Kier alpha value is -0.263. The summed E-state index contributed by atoms with van der Waals surface area (Å²) in [6, 6.07) is 0. The van der Waals surface area contributed by atoms with Gasteiger partial charge in [-0.2, -0.15) is 0 Å². The molecule has 0 aliphatic rings. The summed E-state index contributed by atoms with van der Waals surface area (Å²) in [7, 11) is -1.71. The van der Waals surface area contributed by atoms with E-state index in [0.29, 0.717) is 0 Å². The average molecular weight is 367 g/mol. The van der Waals surface area contributed by atoms with Crippen LogP contribution in [0.15, 0.2) is 0 Å². The Labute approximate surface area is 160 Å². The van der Waals surface area contributed by atoms with Crippen molar-refractivity contribution in [2.45, 2.75) is 136 Å². The summed E-state index contributed by atoms with van der Waals surface area (Å²) in [4.78, 5) is 0. The van der Waals surface area contributed by atoms with Crippen LogP contribution < -0.4 is 0 Å². The van der Waals surface area contributed by atoms with Crippen LogP contribution in [0.2, 0.25) is 18.1 Å². The summed E-state index contributed by atoms with van der Waals surface area (Å²) in [5.74, 6) is 6.39. The smallest absolute Gasteiger partial charge is 0.193 e. The Kier molecular flexibility index (Phi) is 13.7. The van der Waals surface area contributed by atoms with E-state index in [9.17, 15) is 0 Å². The van der Waals surface area contributed by atoms with Crippen LogP contribution in [0.5, 0.6) is 0 Å². The van der Waals surface area contributed by atoms with Crippen molar-refractivity contribution >= 4 is 8.32 Å². The molecule has 0 aromatic rings. The van der Waals surface area contributed by atoms with Gasteiger partial charge in [-0.25, -0.2) is 0 Å². The molecule has 0 heterocycles. The maximum atomic E-state index is 6.50. The maximum absolute atomic E-state index is 6.50. The zero-order chi connectivity index (χ0) is 19.2. The lowest BCUT2D eigenvalue weighted by Gasteiger charge is -2.38. The molecule has 2 heteroatoms. The number of hydrogen-bond donors (Lipinski definition) is 0. The predicted octanol–water partition coefficient (Wildman–Crippen LogP) is 8.10. The van der Waals surface area contributed by atoms with E-state index in [-0.39, 0.29) is 11.1 Å². The predicted molar refractivity (Wildman–Crippen MR) is 117 cm³/mol. The van der Waals surface area contributed by atoms with Gasteiger partial charge >= 0.3 is 0 Å². The molecule has 0 radical (unpaired) electrons. The fourth-order valence-corrected chi connectivity index (χ4v) is 4.09. The lowest BCUT2D eigenvalue weighted by molar-refractivity contribution is 0.219. The minimum absolute atomic E-state index is 0.143. The summed E-state index contributed by atoms with van der Waals surface area (Å²) in [5, 5.41) is 0.262. The van der Waals surface area contributed by atoms with Gasteiger partial charge in [0.15, 0.2) is 8.32 Å². The second kappa shape index (κ2) is 13.9. The Morgan fingerprint density at radius 3 is 1.64 bits per heavy atom. The minimum Gasteiger partial charge on any atom is -0.403 e. The van der Waals surface area contributed by atoms with E-state index in [2.05, 4.69) is 52.6 Å². The zero-order valence-electron chi connectivity index (χ0n) is 18.5. The monoisotopic (exact) mass is 366 g/mol. The standard InChI is InChI=1S/C23H46OSi/c1-8-10-11-12-13-14-15-16-17-18-19-21-22(20-9-2)24-25(6,7)23(3,4)5/h22H,8,10-19,21H2,1-7H3. The highest BCUT2D eigenvalue weighted by Gasteiger charge is 2.38. The molecule has 148 valence electrons. The Morgan fingerprint density at radius 2 is 1.24 bits per heavy atom. The van der Waals surface area contributed by atoms with Crippen LogP contribution in [0.1, 0.15) is 112 Å². The molecule has 1 atom stereocenters. The van der Waals surface area contributed by atoms with Crippen LogP contribution in [0.3, 0.4) is 0 Å². The third-order valence-electron chi connectivity index (χ3n) is 5.62. The van der Waals surface area contributed by atoms with E-state index in [1.807, 2.05) is 6.92 Å². The number of unbranched alkanes of at least 4 members (excludes halogenated alkanes) is 10. The van der Waals surface area contributed by atoms with Gasteiger partial charge < -0.3 is 4.43 Å². The molecule has 0 aromatic heterocycles. The first kappa shape index (κ1) is 24.7. The summed E-state index contributed by atoms with van der Waals surface area (Å²) < 4.78 is 6.50. The third-order valence-corrected chi connectivity index (χ3v) is 10.1. The van der Waals surface area contributed by atoms with Crippen molar-refractivity contribution in [3.05, 3.63) is 0 Å². The van der Waals surface area contributed by atoms with E-state index in [0.717, 1.165) is 6.42 Å². The molecule has 1 nitrogen and oxygen atoms in total. The van der Waals surface area contributed by atoms with Crippen molar-refractivity contribution in [3.63, 3.8) is 0 Å². The molecular formula is C23H46OSi. The second-order valence-electron chi connectivity index (χ2n) is 9.09. The van der Waals surface area contributed by atoms with Crippen molar-refractivity contribution < 1.29 is 4.43 Å². The first-order chi connectivity index (χ1) is 11.7. The van der Waals surface area contributed by atoms with Crippen molar-refractivity contribution in [3.8, 4) is 11.8 Å². The molecular weight excluding hydrogens is 320 g/mol. The molecule has 0 saturated carbocycles. The van der Waals surface area contributed by atoms with Crippen molar-refractivity contribution in [2.24, 2.45) is 0 Å². The molecule has 25 heavy (non-hydrogen) atoms. The summed E-state index contributed by atoms with van der Waals surface area (Å²) >= 11 is 0. The van der Waals surface area contributed by atoms with Gasteiger partial charge in [-0.3, -0.25) is 0 Å². The van der Waals surface area contributed by atoms with Crippen molar-refractivity contribution in [2.75, 3.05) is 0 Å². The highest BCUT2D eigenvalue weighted by molar-refractivity contribution is 6.74. The third kappa shape index (κ3) is 12.7.